The van der Waals surface area contributed by atoms with Crippen molar-refractivity contribution in [1.29, 1.82) is 5.26 Å². The van der Waals surface area contributed by atoms with E-state index in [0.717, 1.165) is 46.6 Å². The summed E-state index contributed by atoms with van der Waals surface area (Å²) in [5.41, 5.74) is 3.45. The Hall–Kier alpha value is -3.22. The Morgan fingerprint density at radius 1 is 1.40 bits per heavy atom. The van der Waals surface area contributed by atoms with Gasteiger partial charge in [0.1, 0.15) is 5.52 Å². The number of fused-ring (bicyclic) bond motifs is 1. The third-order valence-corrected chi connectivity index (χ3v) is 7.57. The fraction of sp³-hybridized carbons (Fsp3) is 0.462. The number of hydrogen-bond acceptors (Lipinski definition) is 7. The van der Waals surface area contributed by atoms with Crippen LogP contribution in [0.3, 0.4) is 0 Å². The largest absolute Gasteiger partial charge is 0.381 e. The summed E-state index contributed by atoms with van der Waals surface area (Å²) < 4.78 is 5.37. The zero-order chi connectivity index (χ0) is 25.0. The molecule has 1 atom stereocenters. The highest BCUT2D eigenvalue weighted by Crippen LogP contribution is 2.30. The number of aromatic amines is 1. The number of hydrogen-bond donors (Lipinski definition) is 3. The third kappa shape index (κ3) is 5.55. The van der Waals surface area contributed by atoms with E-state index in [-0.39, 0.29) is 18.0 Å². The van der Waals surface area contributed by atoms with E-state index < -0.39 is 5.41 Å². The van der Waals surface area contributed by atoms with Crippen LogP contribution in [0.15, 0.2) is 30.6 Å². The SMILES string of the molecule is CCC=C(NC(C)C(C)(C)C#N)c1c[nH]c2ncc(-c3ccc(C(=O)NC4CCOCC4)s3)nc12. The molecule has 35 heavy (non-hydrogen) atoms. The number of carbonyl (C=O) groups excluding carboxylic acids is 1. The molecule has 184 valence electrons. The lowest BCUT2D eigenvalue weighted by Crippen LogP contribution is -2.38. The lowest BCUT2D eigenvalue weighted by molar-refractivity contribution is 0.0698. The van der Waals surface area contributed by atoms with Gasteiger partial charge >= 0.3 is 0 Å². The molecule has 0 spiro atoms. The van der Waals surface area contributed by atoms with E-state index in [1.807, 2.05) is 39.1 Å². The Balaban J connectivity index is 1.59. The molecule has 0 aromatic carbocycles. The van der Waals surface area contributed by atoms with Gasteiger partial charge in [0.15, 0.2) is 5.65 Å². The zero-order valence-corrected chi connectivity index (χ0v) is 21.5. The number of ether oxygens (including phenoxy) is 1. The minimum Gasteiger partial charge on any atom is -0.381 e. The molecule has 1 unspecified atom stereocenters. The Morgan fingerprint density at radius 2 is 2.17 bits per heavy atom. The fourth-order valence-corrected chi connectivity index (χ4v) is 4.74. The molecular formula is C26H32N6O2S. The highest BCUT2D eigenvalue weighted by atomic mass is 32.1. The van der Waals surface area contributed by atoms with Crippen LogP contribution in [-0.4, -0.2) is 46.2 Å². The van der Waals surface area contributed by atoms with Crippen LogP contribution in [0.5, 0.6) is 0 Å². The molecule has 1 aliphatic heterocycles. The molecule has 8 nitrogen and oxygen atoms in total. The summed E-state index contributed by atoms with van der Waals surface area (Å²) in [7, 11) is 0. The van der Waals surface area contributed by atoms with Crippen molar-refractivity contribution in [2.75, 3.05) is 13.2 Å². The zero-order valence-electron chi connectivity index (χ0n) is 20.6. The van der Waals surface area contributed by atoms with Crippen LogP contribution in [0.2, 0.25) is 0 Å². The van der Waals surface area contributed by atoms with Gasteiger partial charge in [-0.05, 0) is 52.2 Å². The second-order valence-electron chi connectivity index (χ2n) is 9.40. The Kier molecular flexibility index (Phi) is 7.53. The minimum absolute atomic E-state index is 0.0593. The van der Waals surface area contributed by atoms with E-state index >= 15 is 0 Å². The summed E-state index contributed by atoms with van der Waals surface area (Å²) >= 11 is 1.41. The van der Waals surface area contributed by atoms with Crippen molar-refractivity contribution in [3.05, 3.63) is 41.0 Å². The first-order valence-electron chi connectivity index (χ1n) is 12.0. The Labute approximate surface area is 209 Å². The van der Waals surface area contributed by atoms with E-state index in [4.69, 9.17) is 9.72 Å². The Morgan fingerprint density at radius 3 is 2.89 bits per heavy atom. The monoisotopic (exact) mass is 492 g/mol. The molecule has 4 rings (SSSR count). The summed E-state index contributed by atoms with van der Waals surface area (Å²) in [5.74, 6) is -0.0593. The van der Waals surface area contributed by atoms with Gasteiger partial charge in [-0.2, -0.15) is 5.26 Å². The van der Waals surface area contributed by atoms with Gasteiger partial charge in [0.05, 0.1) is 33.1 Å². The topological polar surface area (TPSA) is 116 Å². The van der Waals surface area contributed by atoms with Crippen LogP contribution in [-0.2, 0) is 4.74 Å². The summed E-state index contributed by atoms with van der Waals surface area (Å²) in [6, 6.07) is 6.23. The number of aromatic nitrogens is 3. The molecule has 0 radical (unpaired) electrons. The first kappa shape index (κ1) is 24.9. The molecule has 9 heteroatoms. The van der Waals surface area contributed by atoms with Gasteiger partial charge in [0.2, 0.25) is 0 Å². The van der Waals surface area contributed by atoms with Crippen molar-refractivity contribution in [2.24, 2.45) is 5.41 Å². The smallest absolute Gasteiger partial charge is 0.261 e. The maximum absolute atomic E-state index is 12.7. The summed E-state index contributed by atoms with van der Waals surface area (Å²) in [4.78, 5) is 27.0. The molecule has 1 fully saturated rings. The first-order valence-corrected chi connectivity index (χ1v) is 12.8. The number of nitriles is 1. The lowest BCUT2D eigenvalue weighted by atomic mass is 9.87. The highest BCUT2D eigenvalue weighted by Gasteiger charge is 2.27. The summed E-state index contributed by atoms with van der Waals surface area (Å²) in [6.07, 6.45) is 8.24. The maximum atomic E-state index is 12.7. The normalized spacial score (nSPS) is 16.1. The van der Waals surface area contributed by atoms with Crippen molar-refractivity contribution in [3.8, 4) is 16.6 Å². The third-order valence-electron chi connectivity index (χ3n) is 6.46. The number of nitrogens with zero attached hydrogens (tertiary/aromatic N) is 3. The van der Waals surface area contributed by atoms with Gasteiger partial charge < -0.3 is 20.4 Å². The average molecular weight is 493 g/mol. The van der Waals surface area contributed by atoms with Crippen LogP contribution in [0.25, 0.3) is 27.4 Å². The standard InChI is InChI=1S/C26H32N6O2S/c1-5-6-19(30-16(2)26(3,4)15-27)18-13-28-24-23(18)32-20(14-29-24)21-7-8-22(35-21)25(33)31-17-9-11-34-12-10-17/h6-8,13-14,16-17,30H,5,9-12H2,1-4H3,(H,28,29)(H,31,33). The number of rotatable bonds is 8. The molecule has 1 amide bonds. The average Bonchev–Trinajstić information content (AvgIpc) is 3.51. The molecule has 0 saturated carbocycles. The molecule has 3 N–H and O–H groups in total. The molecule has 3 aromatic rings. The minimum atomic E-state index is -0.533. The molecule has 3 aromatic heterocycles. The number of thiophene rings is 1. The van der Waals surface area contributed by atoms with Gasteiger partial charge in [-0.25, -0.2) is 9.97 Å². The number of carbonyl (C=O) groups is 1. The van der Waals surface area contributed by atoms with Crippen molar-refractivity contribution < 1.29 is 9.53 Å². The van der Waals surface area contributed by atoms with Crippen molar-refractivity contribution in [3.63, 3.8) is 0 Å². The van der Waals surface area contributed by atoms with Crippen LogP contribution in [0, 0.1) is 16.7 Å². The number of amides is 1. The second kappa shape index (κ2) is 10.6. The predicted octanol–water partition coefficient (Wildman–Crippen LogP) is 4.87. The van der Waals surface area contributed by atoms with Crippen LogP contribution in [0.4, 0.5) is 0 Å². The molecule has 0 bridgehead atoms. The maximum Gasteiger partial charge on any atom is 0.261 e. The quantitative estimate of drug-likeness (QED) is 0.413. The van der Waals surface area contributed by atoms with E-state index in [9.17, 15) is 10.1 Å². The molecule has 1 aliphatic rings. The van der Waals surface area contributed by atoms with Crippen molar-refractivity contribution in [1.82, 2.24) is 25.6 Å². The van der Waals surface area contributed by atoms with E-state index in [2.05, 4.69) is 39.7 Å². The van der Waals surface area contributed by atoms with Crippen LogP contribution < -0.4 is 10.6 Å². The molecular weight excluding hydrogens is 460 g/mol. The lowest BCUT2D eigenvalue weighted by Gasteiger charge is -2.27. The first-order chi connectivity index (χ1) is 16.8. The second-order valence-corrected chi connectivity index (χ2v) is 10.5. The van der Waals surface area contributed by atoms with Crippen LogP contribution >= 0.6 is 11.3 Å². The van der Waals surface area contributed by atoms with Gasteiger partial charge in [-0.3, -0.25) is 4.79 Å². The predicted molar refractivity (Wildman–Crippen MR) is 139 cm³/mol. The van der Waals surface area contributed by atoms with E-state index in [0.29, 0.717) is 23.7 Å². The fourth-order valence-electron chi connectivity index (χ4n) is 3.87. The number of H-pyrrole nitrogens is 1. The van der Waals surface area contributed by atoms with Crippen molar-refractivity contribution in [2.45, 2.75) is 59.0 Å². The van der Waals surface area contributed by atoms with Crippen molar-refractivity contribution >= 4 is 34.1 Å². The van der Waals surface area contributed by atoms with Crippen LogP contribution in [0.1, 0.15) is 62.2 Å². The summed E-state index contributed by atoms with van der Waals surface area (Å²) in [6.45, 7) is 9.31. The number of allylic oxidation sites excluding steroid dienone is 1. The van der Waals surface area contributed by atoms with Gasteiger partial charge in [-0.1, -0.05) is 13.0 Å². The van der Waals surface area contributed by atoms with Gasteiger partial charge in [-0.15, -0.1) is 11.3 Å². The number of nitrogens with one attached hydrogen (secondary N) is 3. The summed E-state index contributed by atoms with van der Waals surface area (Å²) in [5, 5.41) is 16.2. The van der Waals surface area contributed by atoms with E-state index in [1.165, 1.54) is 11.3 Å². The van der Waals surface area contributed by atoms with Gasteiger partial charge in [0.25, 0.3) is 5.91 Å². The molecule has 4 heterocycles. The Bertz CT molecular complexity index is 1260. The van der Waals surface area contributed by atoms with E-state index in [1.54, 1.807) is 6.20 Å². The molecule has 0 aliphatic carbocycles. The highest BCUT2D eigenvalue weighted by molar-refractivity contribution is 7.17. The molecule has 1 saturated heterocycles. The van der Waals surface area contributed by atoms with Gasteiger partial charge in [0, 0.05) is 42.8 Å².